The molecule has 2 aromatic rings. The van der Waals surface area contributed by atoms with Gasteiger partial charge in [0, 0.05) is 0 Å². The van der Waals surface area contributed by atoms with Crippen LogP contribution >= 0.6 is 24.8 Å². The highest BCUT2D eigenvalue weighted by atomic mass is 35.5. The molecular formula is C13H14Cl2O. The Hall–Kier alpha value is -0.920. The van der Waals surface area contributed by atoms with Gasteiger partial charge in [-0.3, -0.25) is 0 Å². The molecule has 0 saturated heterocycles. The summed E-state index contributed by atoms with van der Waals surface area (Å²) in [6.45, 7) is 0. The third kappa shape index (κ3) is 1.98. The van der Waals surface area contributed by atoms with E-state index in [0.29, 0.717) is 5.75 Å². The number of hydrogen-bond donors (Lipinski definition) is 1. The number of hydrogen-bond acceptors (Lipinski definition) is 1. The highest BCUT2D eigenvalue weighted by Crippen LogP contribution is 2.31. The van der Waals surface area contributed by atoms with Crippen molar-refractivity contribution in [2.24, 2.45) is 0 Å². The lowest BCUT2D eigenvalue weighted by Crippen LogP contribution is -1.84. The molecule has 0 amide bonds. The molecule has 0 radical (unpaired) electrons. The first-order valence-corrected chi connectivity index (χ1v) is 5.08. The number of benzene rings is 2. The van der Waals surface area contributed by atoms with Crippen LogP contribution in [0.4, 0.5) is 0 Å². The quantitative estimate of drug-likeness (QED) is 0.759. The molecule has 1 N–H and O–H groups in total. The van der Waals surface area contributed by atoms with E-state index in [9.17, 15) is 5.11 Å². The SMILES string of the molecule is Cl.Cl.Oc1ccc2c3c(ccc2c1)CCC3. The second-order valence-electron chi connectivity index (χ2n) is 3.96. The molecule has 0 unspecified atom stereocenters. The van der Waals surface area contributed by atoms with Gasteiger partial charge in [-0.15, -0.1) is 24.8 Å². The molecule has 3 rings (SSSR count). The third-order valence-electron chi connectivity index (χ3n) is 3.08. The summed E-state index contributed by atoms with van der Waals surface area (Å²) in [6.07, 6.45) is 3.68. The molecular weight excluding hydrogens is 243 g/mol. The summed E-state index contributed by atoms with van der Waals surface area (Å²) in [5, 5.41) is 11.9. The molecule has 86 valence electrons. The van der Waals surface area contributed by atoms with Crippen molar-refractivity contribution in [2.45, 2.75) is 19.3 Å². The van der Waals surface area contributed by atoms with E-state index >= 15 is 0 Å². The molecule has 1 aliphatic carbocycles. The Morgan fingerprint density at radius 3 is 2.56 bits per heavy atom. The van der Waals surface area contributed by atoms with E-state index in [1.54, 1.807) is 6.07 Å². The van der Waals surface area contributed by atoms with Gasteiger partial charge in [0.25, 0.3) is 0 Å². The van der Waals surface area contributed by atoms with Gasteiger partial charge >= 0.3 is 0 Å². The van der Waals surface area contributed by atoms with Crippen LogP contribution in [-0.2, 0) is 12.8 Å². The third-order valence-corrected chi connectivity index (χ3v) is 3.08. The van der Waals surface area contributed by atoms with Crippen molar-refractivity contribution in [3.05, 3.63) is 41.5 Å². The van der Waals surface area contributed by atoms with Gasteiger partial charge in [-0.2, -0.15) is 0 Å². The predicted molar refractivity (Wildman–Crippen MR) is 72.1 cm³/mol. The van der Waals surface area contributed by atoms with Crippen molar-refractivity contribution in [1.82, 2.24) is 0 Å². The number of aromatic hydroxyl groups is 1. The molecule has 0 aliphatic heterocycles. The van der Waals surface area contributed by atoms with Crippen molar-refractivity contribution < 1.29 is 5.11 Å². The molecule has 0 saturated carbocycles. The zero-order valence-corrected chi connectivity index (χ0v) is 10.4. The van der Waals surface area contributed by atoms with Crippen LogP contribution in [0.15, 0.2) is 30.3 Å². The Kier molecular flexibility index (Phi) is 4.06. The summed E-state index contributed by atoms with van der Waals surface area (Å²) < 4.78 is 0. The number of phenols is 1. The predicted octanol–water partition coefficient (Wildman–Crippen LogP) is 3.88. The van der Waals surface area contributed by atoms with Gasteiger partial charge in [-0.05, 0) is 53.3 Å². The van der Waals surface area contributed by atoms with Crippen LogP contribution in [0.2, 0.25) is 0 Å². The van der Waals surface area contributed by atoms with Crippen LogP contribution in [0.3, 0.4) is 0 Å². The lowest BCUT2D eigenvalue weighted by Gasteiger charge is -2.05. The summed E-state index contributed by atoms with van der Waals surface area (Å²) in [7, 11) is 0. The number of phenolic OH excluding ortho intramolecular Hbond substituents is 1. The van der Waals surface area contributed by atoms with Gasteiger partial charge in [-0.1, -0.05) is 18.2 Å². The Labute approximate surface area is 107 Å². The molecule has 0 spiro atoms. The van der Waals surface area contributed by atoms with Gasteiger partial charge in [0.15, 0.2) is 0 Å². The van der Waals surface area contributed by atoms with E-state index in [-0.39, 0.29) is 24.8 Å². The fraction of sp³-hybridized carbons (Fsp3) is 0.231. The summed E-state index contributed by atoms with van der Waals surface area (Å²) in [5.74, 6) is 0.357. The van der Waals surface area contributed by atoms with Gasteiger partial charge in [0.05, 0.1) is 0 Å². The van der Waals surface area contributed by atoms with E-state index in [1.165, 1.54) is 35.8 Å². The maximum absolute atomic E-state index is 9.38. The summed E-state index contributed by atoms with van der Waals surface area (Å²) >= 11 is 0. The lowest BCUT2D eigenvalue weighted by atomic mass is 10.0. The van der Waals surface area contributed by atoms with Crippen LogP contribution in [0.25, 0.3) is 10.8 Å². The zero-order valence-electron chi connectivity index (χ0n) is 8.77. The monoisotopic (exact) mass is 256 g/mol. The normalized spacial score (nSPS) is 12.8. The van der Waals surface area contributed by atoms with Gasteiger partial charge < -0.3 is 5.11 Å². The molecule has 0 heterocycles. The Bertz CT molecular complexity index is 509. The smallest absolute Gasteiger partial charge is 0.116 e. The van der Waals surface area contributed by atoms with E-state index in [1.807, 2.05) is 12.1 Å². The van der Waals surface area contributed by atoms with Gasteiger partial charge in [-0.25, -0.2) is 0 Å². The fourth-order valence-electron chi connectivity index (χ4n) is 2.41. The molecule has 0 atom stereocenters. The first kappa shape index (κ1) is 13.1. The summed E-state index contributed by atoms with van der Waals surface area (Å²) in [4.78, 5) is 0. The molecule has 3 heteroatoms. The lowest BCUT2D eigenvalue weighted by molar-refractivity contribution is 0.476. The first-order chi connectivity index (χ1) is 6.84. The second kappa shape index (κ2) is 4.94. The van der Waals surface area contributed by atoms with Crippen LogP contribution in [-0.4, -0.2) is 5.11 Å². The highest BCUT2D eigenvalue weighted by molar-refractivity contribution is 5.88. The van der Waals surface area contributed by atoms with E-state index in [4.69, 9.17) is 0 Å². The van der Waals surface area contributed by atoms with Gasteiger partial charge in [0.1, 0.15) is 5.75 Å². The average Bonchev–Trinajstić information content (AvgIpc) is 2.65. The standard InChI is InChI=1S/C13H12O.2ClH/c14-11-6-7-13-10(8-11)5-4-9-2-1-3-12(9)13;;/h4-8,14H,1-3H2;2*1H. The largest absolute Gasteiger partial charge is 0.508 e. The number of fused-ring (bicyclic) bond motifs is 3. The number of rotatable bonds is 0. The topological polar surface area (TPSA) is 20.2 Å². The van der Waals surface area contributed by atoms with Crippen molar-refractivity contribution in [1.29, 1.82) is 0 Å². The van der Waals surface area contributed by atoms with Crippen molar-refractivity contribution in [3.63, 3.8) is 0 Å². The van der Waals surface area contributed by atoms with Crippen molar-refractivity contribution in [2.75, 3.05) is 0 Å². The minimum atomic E-state index is 0. The molecule has 16 heavy (non-hydrogen) atoms. The van der Waals surface area contributed by atoms with Crippen molar-refractivity contribution >= 4 is 35.6 Å². The van der Waals surface area contributed by atoms with E-state index in [2.05, 4.69) is 12.1 Å². The van der Waals surface area contributed by atoms with Crippen LogP contribution in [0.5, 0.6) is 5.75 Å². The van der Waals surface area contributed by atoms with Gasteiger partial charge in [0.2, 0.25) is 0 Å². The maximum atomic E-state index is 9.38. The molecule has 1 nitrogen and oxygen atoms in total. The van der Waals surface area contributed by atoms with Crippen molar-refractivity contribution in [3.8, 4) is 5.75 Å². The molecule has 1 aliphatic rings. The molecule has 0 bridgehead atoms. The van der Waals surface area contributed by atoms with E-state index in [0.717, 1.165) is 5.39 Å². The second-order valence-corrected chi connectivity index (χ2v) is 3.96. The maximum Gasteiger partial charge on any atom is 0.116 e. The van der Waals surface area contributed by atoms with E-state index < -0.39 is 0 Å². The van der Waals surface area contributed by atoms with Crippen LogP contribution < -0.4 is 0 Å². The Morgan fingerprint density at radius 2 is 1.75 bits per heavy atom. The number of halogens is 2. The molecule has 0 aromatic heterocycles. The minimum absolute atomic E-state index is 0. The Balaban J connectivity index is 0.000000640. The summed E-state index contributed by atoms with van der Waals surface area (Å²) in [5.41, 5.74) is 2.98. The zero-order chi connectivity index (χ0) is 9.54. The minimum Gasteiger partial charge on any atom is -0.508 e. The number of aryl methyl sites for hydroxylation is 2. The highest BCUT2D eigenvalue weighted by Gasteiger charge is 2.13. The molecule has 0 fully saturated rings. The average molecular weight is 257 g/mol. The fourth-order valence-corrected chi connectivity index (χ4v) is 2.41. The first-order valence-electron chi connectivity index (χ1n) is 5.08. The Morgan fingerprint density at radius 1 is 0.938 bits per heavy atom. The summed E-state index contributed by atoms with van der Waals surface area (Å²) in [6, 6.07) is 9.97. The molecule has 2 aromatic carbocycles. The van der Waals surface area contributed by atoms with Crippen LogP contribution in [0.1, 0.15) is 17.5 Å². The van der Waals surface area contributed by atoms with Crippen LogP contribution in [0, 0.1) is 0 Å².